The second-order valence-electron chi connectivity index (χ2n) is 6.95. The van der Waals surface area contributed by atoms with E-state index in [1.807, 2.05) is 0 Å². The van der Waals surface area contributed by atoms with E-state index in [1.54, 1.807) is 0 Å². The molecule has 4 rings (SSSR count). The lowest BCUT2D eigenvalue weighted by Gasteiger charge is -2.35. The normalized spacial score (nSPS) is 23.4. The maximum absolute atomic E-state index is 14.0. The van der Waals surface area contributed by atoms with Gasteiger partial charge in [0.05, 0.1) is 22.9 Å². The number of rotatable bonds is 3. The molecule has 1 aromatic heterocycles. The van der Waals surface area contributed by atoms with E-state index < -0.39 is 34.9 Å². The number of ether oxygens (including phenoxy) is 1. The van der Waals surface area contributed by atoms with Gasteiger partial charge in [-0.1, -0.05) is 11.6 Å². The monoisotopic (exact) mass is 408 g/mol. The number of aromatic carboxylic acids is 1. The predicted octanol–water partition coefficient (Wildman–Crippen LogP) is 3.92. The molecular formula is C19H15ClF2N2O4. The summed E-state index contributed by atoms with van der Waals surface area (Å²) in [6, 6.07) is 4.81. The first-order valence-electron chi connectivity index (χ1n) is 8.67. The van der Waals surface area contributed by atoms with Crippen LogP contribution in [0.1, 0.15) is 41.9 Å². The standard InChI is InChI=1S/C19H15ClF2N2O4/c20-9-7-11(21)15(12(22)8-9)28-10-3-5-19(6-4-10)16-13(24-18(19)27)1-2-14(23-16)17(25)26/h1-2,7-8,10H,3-6H2,(H,24,27)(H,25,26). The van der Waals surface area contributed by atoms with Gasteiger partial charge >= 0.3 is 5.97 Å². The van der Waals surface area contributed by atoms with Gasteiger partial charge in [-0.25, -0.2) is 18.6 Å². The van der Waals surface area contributed by atoms with Crippen LogP contribution in [0.2, 0.25) is 5.02 Å². The highest BCUT2D eigenvalue weighted by molar-refractivity contribution is 6.30. The summed E-state index contributed by atoms with van der Waals surface area (Å²) in [5.41, 5.74) is -0.209. The van der Waals surface area contributed by atoms with Gasteiger partial charge in [0.2, 0.25) is 5.91 Å². The lowest BCUT2D eigenvalue weighted by Crippen LogP contribution is -2.41. The van der Waals surface area contributed by atoms with Crippen molar-refractivity contribution in [3.63, 3.8) is 0 Å². The third-order valence-electron chi connectivity index (χ3n) is 5.28. The summed E-state index contributed by atoms with van der Waals surface area (Å²) in [5.74, 6) is -3.69. The molecule has 0 bridgehead atoms. The summed E-state index contributed by atoms with van der Waals surface area (Å²) >= 11 is 5.62. The molecule has 1 aliphatic carbocycles. The summed E-state index contributed by atoms with van der Waals surface area (Å²) in [6.45, 7) is 0. The van der Waals surface area contributed by atoms with Gasteiger partial charge in [-0.05, 0) is 49.9 Å². The van der Waals surface area contributed by atoms with Crippen LogP contribution in [-0.4, -0.2) is 28.1 Å². The number of nitrogens with one attached hydrogen (secondary N) is 1. The number of carbonyl (C=O) groups excluding carboxylic acids is 1. The quantitative estimate of drug-likeness (QED) is 0.803. The zero-order valence-corrected chi connectivity index (χ0v) is 15.2. The highest BCUT2D eigenvalue weighted by Crippen LogP contribution is 2.47. The zero-order valence-electron chi connectivity index (χ0n) is 14.5. The smallest absolute Gasteiger partial charge is 0.354 e. The van der Waals surface area contributed by atoms with Crippen LogP contribution in [0.4, 0.5) is 14.5 Å². The van der Waals surface area contributed by atoms with Crippen molar-refractivity contribution in [1.82, 2.24) is 4.98 Å². The van der Waals surface area contributed by atoms with Crippen molar-refractivity contribution < 1.29 is 28.2 Å². The molecule has 1 aliphatic heterocycles. The zero-order chi connectivity index (χ0) is 20.1. The Morgan fingerprint density at radius 2 is 1.89 bits per heavy atom. The van der Waals surface area contributed by atoms with Crippen molar-refractivity contribution in [2.45, 2.75) is 37.2 Å². The number of hydrogen-bond acceptors (Lipinski definition) is 4. The molecular weight excluding hydrogens is 394 g/mol. The maximum atomic E-state index is 14.0. The predicted molar refractivity (Wildman–Crippen MR) is 95.8 cm³/mol. The van der Waals surface area contributed by atoms with Crippen LogP contribution in [0, 0.1) is 11.6 Å². The van der Waals surface area contributed by atoms with Crippen LogP contribution in [-0.2, 0) is 10.2 Å². The third-order valence-corrected chi connectivity index (χ3v) is 5.50. The maximum Gasteiger partial charge on any atom is 0.354 e. The molecule has 1 aromatic carbocycles. The number of carbonyl (C=O) groups is 2. The number of fused-ring (bicyclic) bond motifs is 2. The fourth-order valence-electron chi connectivity index (χ4n) is 3.87. The van der Waals surface area contributed by atoms with Gasteiger partial charge in [-0.2, -0.15) is 0 Å². The van der Waals surface area contributed by atoms with Crippen molar-refractivity contribution in [3.05, 3.63) is 52.3 Å². The Hall–Kier alpha value is -2.74. The number of amides is 1. The van der Waals surface area contributed by atoms with E-state index in [0.29, 0.717) is 37.1 Å². The van der Waals surface area contributed by atoms with Crippen molar-refractivity contribution in [1.29, 1.82) is 0 Å². The van der Waals surface area contributed by atoms with E-state index in [1.165, 1.54) is 12.1 Å². The van der Waals surface area contributed by atoms with Crippen LogP contribution in [0.5, 0.6) is 5.75 Å². The molecule has 146 valence electrons. The third kappa shape index (κ3) is 2.97. The number of halogens is 3. The Balaban J connectivity index is 1.56. The first-order valence-corrected chi connectivity index (χ1v) is 9.05. The first-order chi connectivity index (χ1) is 13.3. The Kier molecular flexibility index (Phi) is 4.45. The van der Waals surface area contributed by atoms with Gasteiger partial charge in [0, 0.05) is 5.02 Å². The molecule has 1 saturated carbocycles. The van der Waals surface area contributed by atoms with Crippen LogP contribution >= 0.6 is 11.6 Å². The molecule has 6 nitrogen and oxygen atoms in total. The van der Waals surface area contributed by atoms with E-state index in [2.05, 4.69) is 10.3 Å². The fraction of sp³-hybridized carbons (Fsp3) is 0.316. The van der Waals surface area contributed by atoms with Crippen LogP contribution in [0.3, 0.4) is 0 Å². The van der Waals surface area contributed by atoms with Crippen molar-refractivity contribution in [2.24, 2.45) is 0 Å². The summed E-state index contributed by atoms with van der Waals surface area (Å²) in [4.78, 5) is 28.0. The number of hydrogen-bond donors (Lipinski definition) is 2. The first kappa shape index (κ1) is 18.6. The van der Waals surface area contributed by atoms with Gasteiger partial charge in [0.25, 0.3) is 0 Å². The minimum absolute atomic E-state index is 0.0653. The van der Waals surface area contributed by atoms with E-state index in [4.69, 9.17) is 16.3 Å². The second kappa shape index (κ2) is 6.70. The van der Waals surface area contributed by atoms with E-state index in [0.717, 1.165) is 12.1 Å². The van der Waals surface area contributed by atoms with E-state index in [-0.39, 0.29) is 16.6 Å². The van der Waals surface area contributed by atoms with Crippen molar-refractivity contribution in [3.8, 4) is 5.75 Å². The lowest BCUT2D eigenvalue weighted by molar-refractivity contribution is -0.122. The van der Waals surface area contributed by atoms with Crippen LogP contribution in [0.25, 0.3) is 0 Å². The highest BCUT2D eigenvalue weighted by Gasteiger charge is 2.50. The van der Waals surface area contributed by atoms with Gasteiger partial charge < -0.3 is 15.2 Å². The Morgan fingerprint density at radius 1 is 1.25 bits per heavy atom. The minimum Gasteiger partial charge on any atom is -0.484 e. The van der Waals surface area contributed by atoms with E-state index >= 15 is 0 Å². The van der Waals surface area contributed by atoms with Crippen molar-refractivity contribution >= 4 is 29.2 Å². The number of carboxylic acid groups (broad SMARTS) is 1. The highest BCUT2D eigenvalue weighted by atomic mass is 35.5. The lowest BCUT2D eigenvalue weighted by atomic mass is 9.71. The number of benzene rings is 1. The van der Waals surface area contributed by atoms with Gasteiger partial charge in [0.1, 0.15) is 5.69 Å². The topological polar surface area (TPSA) is 88.5 Å². The van der Waals surface area contributed by atoms with Gasteiger partial charge in [-0.15, -0.1) is 0 Å². The number of carboxylic acids is 1. The van der Waals surface area contributed by atoms with Gasteiger partial charge in [0.15, 0.2) is 17.4 Å². The molecule has 2 N–H and O–H groups in total. The Morgan fingerprint density at radius 3 is 2.50 bits per heavy atom. The molecule has 28 heavy (non-hydrogen) atoms. The van der Waals surface area contributed by atoms with E-state index in [9.17, 15) is 23.5 Å². The summed E-state index contributed by atoms with van der Waals surface area (Å²) in [5, 5.41) is 11.9. The molecule has 0 atom stereocenters. The molecule has 0 saturated heterocycles. The number of nitrogens with zero attached hydrogens (tertiary/aromatic N) is 1. The summed E-state index contributed by atoms with van der Waals surface area (Å²) in [6.07, 6.45) is 0.864. The number of anilines is 1. The molecule has 2 heterocycles. The average Bonchev–Trinajstić information content (AvgIpc) is 2.91. The summed E-state index contributed by atoms with van der Waals surface area (Å²) in [7, 11) is 0. The van der Waals surface area contributed by atoms with Crippen molar-refractivity contribution in [2.75, 3.05) is 5.32 Å². The molecule has 1 spiro atoms. The summed E-state index contributed by atoms with van der Waals surface area (Å²) < 4.78 is 33.4. The molecule has 2 aliphatic rings. The number of aromatic nitrogens is 1. The molecule has 0 radical (unpaired) electrons. The minimum atomic E-state index is -1.18. The fourth-order valence-corrected chi connectivity index (χ4v) is 4.06. The van der Waals surface area contributed by atoms with Gasteiger partial charge in [-0.3, -0.25) is 4.79 Å². The second-order valence-corrected chi connectivity index (χ2v) is 7.39. The average molecular weight is 409 g/mol. The molecule has 9 heteroatoms. The molecule has 0 unspecified atom stereocenters. The number of pyridine rings is 1. The molecule has 2 aromatic rings. The van der Waals surface area contributed by atoms with Crippen LogP contribution < -0.4 is 10.1 Å². The SMILES string of the molecule is O=C(O)c1ccc2c(n1)C1(CCC(Oc3c(F)cc(Cl)cc3F)CC1)C(=O)N2. The largest absolute Gasteiger partial charge is 0.484 e. The molecule has 1 amide bonds. The molecule has 1 fully saturated rings. The Bertz CT molecular complexity index is 967. The van der Waals surface area contributed by atoms with Crippen LogP contribution in [0.15, 0.2) is 24.3 Å². The Labute approximate surface area is 163 Å².